The Labute approximate surface area is 211 Å². The molecular weight excluding hydrogens is 506 g/mol. The van der Waals surface area contributed by atoms with Crippen molar-refractivity contribution in [3.63, 3.8) is 0 Å². The second kappa shape index (κ2) is 8.81. The second-order valence-electron chi connectivity index (χ2n) is 8.98. The van der Waals surface area contributed by atoms with Gasteiger partial charge in [0.05, 0.1) is 34.1 Å². The summed E-state index contributed by atoms with van der Waals surface area (Å²) in [6, 6.07) is 7.16. The van der Waals surface area contributed by atoms with Crippen LogP contribution in [0.25, 0.3) is 21.8 Å². The van der Waals surface area contributed by atoms with Gasteiger partial charge in [0.2, 0.25) is 0 Å². The third-order valence-corrected chi connectivity index (χ3v) is 7.72. The van der Waals surface area contributed by atoms with Crippen LogP contribution in [0, 0.1) is 18.3 Å². The number of nitrogens with zero attached hydrogens (tertiary/aromatic N) is 4. The van der Waals surface area contributed by atoms with Crippen LogP contribution >= 0.6 is 11.6 Å². The SMILES string of the molecule is Cc1cc(S(C)(=O)=O)c(Cn2cc3ccc(C#N)c(OC4CN(CC(=O)O)C4)c3n2)c2c(Cl)c[nH]c12. The monoisotopic (exact) mass is 527 g/mol. The number of aryl methyl sites for hydroxylation is 1. The van der Waals surface area contributed by atoms with Gasteiger partial charge in [0.25, 0.3) is 0 Å². The summed E-state index contributed by atoms with van der Waals surface area (Å²) >= 11 is 6.45. The summed E-state index contributed by atoms with van der Waals surface area (Å²) in [5, 5.41) is 25.0. The zero-order valence-electron chi connectivity index (χ0n) is 19.4. The lowest BCUT2D eigenvalue weighted by molar-refractivity contribution is -0.140. The molecule has 10 nitrogen and oxygen atoms in total. The number of H-pyrrole nitrogens is 1. The number of nitriles is 1. The smallest absolute Gasteiger partial charge is 0.317 e. The number of aliphatic carboxylic acids is 1. The minimum atomic E-state index is -3.56. The van der Waals surface area contributed by atoms with E-state index in [-0.39, 0.29) is 24.1 Å². The highest BCUT2D eigenvalue weighted by molar-refractivity contribution is 7.90. The van der Waals surface area contributed by atoms with Crippen LogP contribution in [0.5, 0.6) is 5.75 Å². The highest BCUT2D eigenvalue weighted by Crippen LogP contribution is 2.35. The Morgan fingerprint density at radius 2 is 2.14 bits per heavy atom. The van der Waals surface area contributed by atoms with E-state index in [9.17, 15) is 18.5 Å². The topological polar surface area (TPSA) is 141 Å². The Morgan fingerprint density at radius 3 is 2.81 bits per heavy atom. The first-order chi connectivity index (χ1) is 17.0. The molecule has 0 spiro atoms. The molecule has 1 aliphatic rings. The minimum Gasteiger partial charge on any atom is -0.484 e. The van der Waals surface area contributed by atoms with E-state index in [1.807, 2.05) is 6.92 Å². The molecule has 0 radical (unpaired) electrons. The first kappa shape index (κ1) is 24.1. The molecule has 0 atom stereocenters. The molecule has 4 aromatic rings. The Morgan fingerprint density at radius 1 is 1.39 bits per heavy atom. The zero-order chi connectivity index (χ0) is 25.8. The lowest BCUT2D eigenvalue weighted by Crippen LogP contribution is -2.55. The number of hydrogen-bond donors (Lipinski definition) is 2. The van der Waals surface area contributed by atoms with E-state index < -0.39 is 15.8 Å². The molecule has 186 valence electrons. The van der Waals surface area contributed by atoms with Crippen LogP contribution < -0.4 is 4.74 Å². The molecule has 1 fully saturated rings. The maximum atomic E-state index is 12.7. The molecule has 0 amide bonds. The standard InChI is InChI=1S/C24H22ClN5O5S/c1-13-5-19(36(2,33)34)17(21-18(25)7-27-22(13)21)11-30-8-15-4-3-14(6-26)24(23(15)28-30)35-16-9-29(10-16)12-20(31)32/h3-5,7-8,16,27H,9-12H2,1-2H3,(H,31,32). The first-order valence-electron chi connectivity index (χ1n) is 11.1. The zero-order valence-corrected chi connectivity index (χ0v) is 21.0. The summed E-state index contributed by atoms with van der Waals surface area (Å²) in [7, 11) is -3.56. The van der Waals surface area contributed by atoms with Crippen LogP contribution in [-0.2, 0) is 21.2 Å². The Hall–Kier alpha value is -3.59. The highest BCUT2D eigenvalue weighted by atomic mass is 35.5. The predicted octanol–water partition coefficient (Wildman–Crippen LogP) is 2.95. The van der Waals surface area contributed by atoms with Gasteiger partial charge in [-0.25, -0.2) is 8.42 Å². The van der Waals surface area contributed by atoms with Crippen molar-refractivity contribution in [2.75, 3.05) is 25.9 Å². The van der Waals surface area contributed by atoms with E-state index in [4.69, 9.17) is 21.4 Å². The average molecular weight is 528 g/mol. The number of halogens is 1. The number of benzene rings is 2. The van der Waals surface area contributed by atoms with E-state index in [1.54, 1.807) is 40.2 Å². The molecule has 0 aliphatic carbocycles. The van der Waals surface area contributed by atoms with Crippen molar-refractivity contribution in [2.24, 2.45) is 0 Å². The molecule has 3 heterocycles. The summed E-state index contributed by atoms with van der Waals surface area (Å²) < 4.78 is 33.0. The lowest BCUT2D eigenvalue weighted by atomic mass is 10.1. The van der Waals surface area contributed by atoms with Gasteiger partial charge in [0.1, 0.15) is 17.7 Å². The number of nitrogens with one attached hydrogen (secondary N) is 1. The normalized spacial score (nSPS) is 14.7. The fraction of sp³-hybridized carbons (Fsp3) is 0.292. The van der Waals surface area contributed by atoms with Gasteiger partial charge in [-0.2, -0.15) is 10.4 Å². The summed E-state index contributed by atoms with van der Waals surface area (Å²) in [4.78, 5) is 15.9. The van der Waals surface area contributed by atoms with Crippen LogP contribution in [0.4, 0.5) is 0 Å². The number of fused-ring (bicyclic) bond motifs is 2. The van der Waals surface area contributed by atoms with Gasteiger partial charge in [-0.15, -0.1) is 0 Å². The van der Waals surface area contributed by atoms with Gasteiger partial charge in [-0.3, -0.25) is 14.4 Å². The van der Waals surface area contributed by atoms with Crippen molar-refractivity contribution in [2.45, 2.75) is 24.5 Å². The van der Waals surface area contributed by atoms with Crippen molar-refractivity contribution in [1.29, 1.82) is 5.26 Å². The predicted molar refractivity (Wildman–Crippen MR) is 133 cm³/mol. The quantitative estimate of drug-likeness (QED) is 0.373. The van der Waals surface area contributed by atoms with Crippen LogP contribution in [0.1, 0.15) is 16.7 Å². The van der Waals surface area contributed by atoms with E-state index >= 15 is 0 Å². The molecule has 0 bridgehead atoms. The molecule has 0 unspecified atom stereocenters. The molecular formula is C24H22ClN5O5S. The molecule has 2 aromatic carbocycles. The number of carboxylic acids is 1. The third kappa shape index (κ3) is 4.28. The molecule has 5 rings (SSSR count). The molecule has 12 heteroatoms. The van der Waals surface area contributed by atoms with Gasteiger partial charge < -0.3 is 14.8 Å². The fourth-order valence-electron chi connectivity index (χ4n) is 4.62. The first-order valence-corrected chi connectivity index (χ1v) is 13.3. The molecule has 1 saturated heterocycles. The van der Waals surface area contributed by atoms with Gasteiger partial charge in [-0.1, -0.05) is 11.6 Å². The van der Waals surface area contributed by atoms with Crippen molar-refractivity contribution >= 4 is 49.2 Å². The number of hydrogen-bond acceptors (Lipinski definition) is 7. The van der Waals surface area contributed by atoms with Crippen LogP contribution in [-0.4, -0.2) is 71.2 Å². The number of carboxylic acid groups (broad SMARTS) is 1. The Balaban J connectivity index is 1.55. The average Bonchev–Trinajstić information content (AvgIpc) is 3.36. The highest BCUT2D eigenvalue weighted by Gasteiger charge is 2.31. The summed E-state index contributed by atoms with van der Waals surface area (Å²) in [6.07, 6.45) is 4.29. The number of aromatic nitrogens is 3. The maximum absolute atomic E-state index is 12.7. The summed E-state index contributed by atoms with van der Waals surface area (Å²) in [6.45, 7) is 2.74. The lowest BCUT2D eigenvalue weighted by Gasteiger charge is -2.37. The van der Waals surface area contributed by atoms with Gasteiger partial charge in [0, 0.05) is 48.1 Å². The van der Waals surface area contributed by atoms with Crippen molar-refractivity contribution in [1.82, 2.24) is 19.7 Å². The van der Waals surface area contributed by atoms with E-state index in [1.165, 1.54) is 0 Å². The van der Waals surface area contributed by atoms with Gasteiger partial charge in [0.15, 0.2) is 15.6 Å². The molecule has 0 saturated carbocycles. The van der Waals surface area contributed by atoms with E-state index in [2.05, 4.69) is 16.2 Å². The van der Waals surface area contributed by atoms with Crippen LogP contribution in [0.15, 0.2) is 35.5 Å². The van der Waals surface area contributed by atoms with E-state index in [0.29, 0.717) is 45.9 Å². The van der Waals surface area contributed by atoms with Crippen molar-refractivity contribution in [3.8, 4) is 11.8 Å². The molecule has 2 N–H and O–H groups in total. The molecule has 2 aromatic heterocycles. The third-order valence-electron chi connectivity index (χ3n) is 6.26. The minimum absolute atomic E-state index is 0.0702. The number of aromatic amines is 1. The molecule has 36 heavy (non-hydrogen) atoms. The number of carbonyl (C=O) groups is 1. The van der Waals surface area contributed by atoms with Gasteiger partial charge in [-0.05, 0) is 30.7 Å². The van der Waals surface area contributed by atoms with Crippen LogP contribution in [0.3, 0.4) is 0 Å². The maximum Gasteiger partial charge on any atom is 0.317 e. The number of sulfone groups is 1. The number of ether oxygens (including phenoxy) is 1. The Bertz CT molecular complexity index is 1680. The largest absolute Gasteiger partial charge is 0.484 e. The van der Waals surface area contributed by atoms with Crippen molar-refractivity contribution in [3.05, 3.63) is 52.3 Å². The number of rotatable bonds is 7. The number of likely N-dealkylation sites (tertiary alicyclic amines) is 1. The van der Waals surface area contributed by atoms with Crippen LogP contribution in [0.2, 0.25) is 5.02 Å². The second-order valence-corrected chi connectivity index (χ2v) is 11.4. The van der Waals surface area contributed by atoms with E-state index in [0.717, 1.165) is 22.7 Å². The van der Waals surface area contributed by atoms with Crippen molar-refractivity contribution < 1.29 is 23.1 Å². The summed E-state index contributed by atoms with van der Waals surface area (Å²) in [5.74, 6) is -0.584. The summed E-state index contributed by atoms with van der Waals surface area (Å²) in [5.41, 5.74) is 2.82. The van der Waals surface area contributed by atoms with Gasteiger partial charge >= 0.3 is 5.97 Å². The Kier molecular flexibility index (Phi) is 5.90. The fourth-order valence-corrected chi connectivity index (χ4v) is 5.89. The molecule has 1 aliphatic heterocycles.